The Labute approximate surface area is 173 Å². The quantitative estimate of drug-likeness (QED) is 0.392. The van der Waals surface area contributed by atoms with Gasteiger partial charge in [-0.05, 0) is 18.1 Å². The summed E-state index contributed by atoms with van der Waals surface area (Å²) in [5.41, 5.74) is 3.74. The predicted molar refractivity (Wildman–Crippen MR) is 109 cm³/mol. The van der Waals surface area contributed by atoms with E-state index in [0.29, 0.717) is 18.0 Å². The molecule has 2 aromatic heterocycles. The number of rotatable bonds is 6. The van der Waals surface area contributed by atoms with E-state index in [4.69, 9.17) is 9.15 Å². The van der Waals surface area contributed by atoms with E-state index >= 15 is 0 Å². The van der Waals surface area contributed by atoms with Gasteiger partial charge in [0.2, 0.25) is 11.4 Å². The Morgan fingerprint density at radius 3 is 2.53 bits per heavy atom. The number of nitrogens with zero attached hydrogens (tertiary/aromatic N) is 5. The molecule has 0 bridgehead atoms. The highest BCUT2D eigenvalue weighted by atomic mass is 16.5. The van der Waals surface area contributed by atoms with Gasteiger partial charge in [0.25, 0.3) is 5.89 Å². The van der Waals surface area contributed by atoms with Gasteiger partial charge in [-0.3, -0.25) is 0 Å². The van der Waals surface area contributed by atoms with Crippen LogP contribution in [0.3, 0.4) is 0 Å². The molecule has 152 valence electrons. The minimum Gasteiger partial charge on any atom is -0.483 e. The van der Waals surface area contributed by atoms with Crippen LogP contribution in [0.1, 0.15) is 22.6 Å². The molecule has 0 fully saturated rings. The van der Waals surface area contributed by atoms with Gasteiger partial charge in [0.1, 0.15) is 6.61 Å². The van der Waals surface area contributed by atoms with Crippen molar-refractivity contribution in [2.45, 2.75) is 20.0 Å². The molecular weight excluding hydrogens is 382 g/mol. The number of hydrogen-bond acceptors (Lipinski definition) is 7. The highest BCUT2D eigenvalue weighted by molar-refractivity contribution is 5.55. The smallest absolute Gasteiger partial charge is 0.270 e. The van der Waals surface area contributed by atoms with Gasteiger partial charge in [-0.25, -0.2) is 4.98 Å². The third kappa shape index (κ3) is 4.22. The zero-order valence-corrected chi connectivity index (χ0v) is 16.7. The largest absolute Gasteiger partial charge is 0.483 e. The van der Waals surface area contributed by atoms with Crippen LogP contribution < -0.4 is 10.2 Å². The monoisotopic (exact) mass is 403 g/mol. The fourth-order valence-electron chi connectivity index (χ4n) is 2.96. The molecule has 0 aliphatic heterocycles. The molecule has 30 heavy (non-hydrogen) atoms. The third-order valence-electron chi connectivity index (χ3n) is 4.58. The summed E-state index contributed by atoms with van der Waals surface area (Å²) in [5.74, 6) is 0.919. The molecule has 0 aliphatic rings. The topological polar surface area (TPSA) is 98.6 Å². The number of aromatic nitrogens is 4. The lowest BCUT2D eigenvalue weighted by Gasteiger charge is -2.11. The Bertz CT molecular complexity index is 1200. The molecule has 4 rings (SSSR count). The first-order chi connectivity index (χ1) is 14.6. The minimum atomic E-state index is 0.200. The molecule has 2 heterocycles. The summed E-state index contributed by atoms with van der Waals surface area (Å²) in [6, 6.07) is 17.8. The van der Waals surface area contributed by atoms with Gasteiger partial charge in [0, 0.05) is 7.05 Å². The molecule has 0 unspecified atom stereocenters. The van der Waals surface area contributed by atoms with Gasteiger partial charge in [-0.1, -0.05) is 65.3 Å². The lowest BCUT2D eigenvalue weighted by Crippen LogP contribution is -2.22. The van der Waals surface area contributed by atoms with E-state index < -0.39 is 0 Å². The molecule has 0 amide bonds. The highest BCUT2D eigenvalue weighted by Crippen LogP contribution is 2.25. The molecule has 8 nitrogen and oxygen atoms in total. The van der Waals surface area contributed by atoms with Gasteiger partial charge >= 0.3 is 0 Å². The van der Waals surface area contributed by atoms with E-state index in [9.17, 15) is 5.21 Å². The van der Waals surface area contributed by atoms with E-state index in [1.54, 1.807) is 11.6 Å². The van der Waals surface area contributed by atoms with Crippen LogP contribution in [-0.2, 0) is 20.1 Å². The SMILES string of the molecule is Cc1ccc(Cc2nnc(-c3ncn(C)/c(=N\O)c3OCc3ccccc3)o2)cc1. The number of hydrogen-bond donors (Lipinski definition) is 1. The summed E-state index contributed by atoms with van der Waals surface area (Å²) in [4.78, 5) is 4.37. The molecule has 0 spiro atoms. The fraction of sp³-hybridized carbons (Fsp3) is 0.182. The Kier molecular flexibility index (Phi) is 5.56. The summed E-state index contributed by atoms with van der Waals surface area (Å²) in [6.07, 6.45) is 2.01. The summed E-state index contributed by atoms with van der Waals surface area (Å²) >= 11 is 0. The van der Waals surface area contributed by atoms with Crippen molar-refractivity contribution in [1.82, 2.24) is 19.7 Å². The van der Waals surface area contributed by atoms with Crippen LogP contribution in [0, 0.1) is 6.92 Å². The first-order valence-electron chi connectivity index (χ1n) is 9.43. The molecule has 0 saturated heterocycles. The number of benzene rings is 2. The van der Waals surface area contributed by atoms with E-state index in [2.05, 4.69) is 20.3 Å². The van der Waals surface area contributed by atoms with Gasteiger partial charge in [-0.15, -0.1) is 10.2 Å². The van der Waals surface area contributed by atoms with E-state index in [0.717, 1.165) is 11.1 Å². The second kappa shape index (κ2) is 8.60. The molecule has 0 saturated carbocycles. The van der Waals surface area contributed by atoms with Crippen molar-refractivity contribution in [2.75, 3.05) is 0 Å². The first-order valence-corrected chi connectivity index (χ1v) is 9.43. The van der Waals surface area contributed by atoms with Gasteiger partial charge in [-0.2, -0.15) is 0 Å². The maximum absolute atomic E-state index is 9.52. The Hall–Kier alpha value is -3.94. The molecule has 0 atom stereocenters. The van der Waals surface area contributed by atoms with Crippen LogP contribution in [-0.4, -0.2) is 25.0 Å². The summed E-state index contributed by atoms with van der Waals surface area (Å²) in [5, 5.41) is 21.1. The van der Waals surface area contributed by atoms with Crippen LogP contribution in [0.4, 0.5) is 0 Å². The molecule has 0 aliphatic carbocycles. The summed E-state index contributed by atoms with van der Waals surface area (Å²) in [6.45, 7) is 2.31. The van der Waals surface area contributed by atoms with Crippen LogP contribution >= 0.6 is 0 Å². The molecule has 4 aromatic rings. The van der Waals surface area contributed by atoms with Crippen LogP contribution in [0.25, 0.3) is 11.6 Å². The Morgan fingerprint density at radius 2 is 1.80 bits per heavy atom. The second-order valence-electron chi connectivity index (χ2n) is 6.89. The molecule has 8 heteroatoms. The number of aryl methyl sites for hydroxylation is 2. The standard InChI is InChI=1S/C22H21N5O3/c1-15-8-10-16(11-9-15)12-18-24-25-22(30-18)19-20(21(26-28)27(2)14-23-19)29-13-17-6-4-3-5-7-17/h3-11,14,28H,12-13H2,1-2H3/b26-21-. The first kappa shape index (κ1) is 19.4. The zero-order chi connectivity index (χ0) is 20.9. The van der Waals surface area contributed by atoms with Gasteiger partial charge in [0.15, 0.2) is 11.4 Å². The zero-order valence-electron chi connectivity index (χ0n) is 16.7. The minimum absolute atomic E-state index is 0.200. The third-order valence-corrected chi connectivity index (χ3v) is 4.58. The van der Waals surface area contributed by atoms with Crippen LogP contribution in [0.5, 0.6) is 5.75 Å². The molecule has 1 N–H and O–H groups in total. The molecular formula is C22H21N5O3. The average molecular weight is 403 g/mol. The van der Waals surface area contributed by atoms with Crippen molar-refractivity contribution in [2.24, 2.45) is 12.2 Å². The average Bonchev–Trinajstić information content (AvgIpc) is 3.23. The van der Waals surface area contributed by atoms with Crippen molar-refractivity contribution in [1.29, 1.82) is 0 Å². The van der Waals surface area contributed by atoms with E-state index in [-0.39, 0.29) is 23.7 Å². The summed E-state index contributed by atoms with van der Waals surface area (Å²) < 4.78 is 13.3. The van der Waals surface area contributed by atoms with Crippen molar-refractivity contribution in [3.8, 4) is 17.3 Å². The van der Waals surface area contributed by atoms with Crippen molar-refractivity contribution < 1.29 is 14.4 Å². The Balaban J connectivity index is 1.65. The lowest BCUT2D eigenvalue weighted by atomic mass is 10.1. The van der Waals surface area contributed by atoms with Crippen molar-refractivity contribution in [3.05, 3.63) is 89.0 Å². The van der Waals surface area contributed by atoms with Crippen molar-refractivity contribution >= 4 is 0 Å². The van der Waals surface area contributed by atoms with E-state index in [1.807, 2.05) is 61.5 Å². The maximum atomic E-state index is 9.52. The van der Waals surface area contributed by atoms with Crippen LogP contribution in [0.15, 0.2) is 70.5 Å². The van der Waals surface area contributed by atoms with Gasteiger partial charge in [0.05, 0.1) is 12.7 Å². The Morgan fingerprint density at radius 1 is 1.03 bits per heavy atom. The fourth-order valence-corrected chi connectivity index (χ4v) is 2.96. The number of ether oxygens (including phenoxy) is 1. The highest BCUT2D eigenvalue weighted by Gasteiger charge is 2.19. The van der Waals surface area contributed by atoms with Crippen LogP contribution in [0.2, 0.25) is 0 Å². The lowest BCUT2D eigenvalue weighted by molar-refractivity contribution is 0.266. The normalized spacial score (nSPS) is 11.6. The second-order valence-corrected chi connectivity index (χ2v) is 6.89. The van der Waals surface area contributed by atoms with Gasteiger partial charge < -0.3 is 18.9 Å². The maximum Gasteiger partial charge on any atom is 0.270 e. The van der Waals surface area contributed by atoms with Crippen molar-refractivity contribution in [3.63, 3.8) is 0 Å². The molecule has 0 radical (unpaired) electrons. The molecule has 2 aromatic carbocycles. The summed E-state index contributed by atoms with van der Waals surface area (Å²) in [7, 11) is 1.71. The predicted octanol–water partition coefficient (Wildman–Crippen LogP) is 3.24. The van der Waals surface area contributed by atoms with E-state index in [1.165, 1.54) is 11.9 Å².